The van der Waals surface area contributed by atoms with Gasteiger partial charge < -0.3 is 0 Å². The average Bonchev–Trinajstić information content (AvgIpc) is 2.84. The van der Waals surface area contributed by atoms with Crippen LogP contribution in [0.5, 0.6) is 0 Å². The Balaban J connectivity index is 2.23. The van der Waals surface area contributed by atoms with Crippen LogP contribution >= 0.6 is 12.2 Å². The Labute approximate surface area is 79.8 Å². The van der Waals surface area contributed by atoms with Gasteiger partial charge in [0.2, 0.25) is 0 Å². The summed E-state index contributed by atoms with van der Waals surface area (Å²) in [4.78, 5) is 25.9. The number of aliphatic imine (C=N–C) groups is 1. The van der Waals surface area contributed by atoms with E-state index >= 15 is 0 Å². The van der Waals surface area contributed by atoms with Crippen molar-refractivity contribution in [1.29, 1.82) is 0 Å². The number of carbonyl (C=O) groups excluding carboxylic acids is 2. The van der Waals surface area contributed by atoms with E-state index < -0.39 is 11.8 Å². The molecule has 0 heterocycles. The normalized spacial score (nSPS) is 23.7. The molecule has 1 amide bonds. The molecule has 2 rings (SSSR count). The second-order valence-corrected chi connectivity index (χ2v) is 3.11. The van der Waals surface area contributed by atoms with Gasteiger partial charge in [0.1, 0.15) is 5.92 Å². The first kappa shape index (κ1) is 8.23. The van der Waals surface area contributed by atoms with Crippen LogP contribution in [0.15, 0.2) is 28.3 Å². The molecule has 2 aliphatic carbocycles. The molecule has 2 aliphatic rings. The fraction of sp³-hybridized carbons (Fsp3) is 0.222. The molecule has 0 saturated heterocycles. The van der Waals surface area contributed by atoms with Crippen LogP contribution in [-0.4, -0.2) is 16.9 Å². The average molecular weight is 191 g/mol. The van der Waals surface area contributed by atoms with Crippen LogP contribution in [0.4, 0.5) is 0 Å². The number of rotatable bonds is 1. The largest absolute Gasteiger partial charge is 0.293 e. The monoisotopic (exact) mass is 191 g/mol. The summed E-state index contributed by atoms with van der Waals surface area (Å²) < 4.78 is 0. The lowest BCUT2D eigenvalue weighted by molar-refractivity contribution is -0.127. The van der Waals surface area contributed by atoms with E-state index in [0.717, 1.165) is 17.6 Å². The topological polar surface area (TPSA) is 46.5 Å². The lowest BCUT2D eigenvalue weighted by Crippen LogP contribution is -2.20. The summed E-state index contributed by atoms with van der Waals surface area (Å²) in [6, 6.07) is 0. The number of ketones is 1. The summed E-state index contributed by atoms with van der Waals surface area (Å²) in [7, 11) is 0. The zero-order chi connectivity index (χ0) is 9.42. The van der Waals surface area contributed by atoms with Crippen LogP contribution in [0.25, 0.3) is 0 Å². The van der Waals surface area contributed by atoms with Crippen molar-refractivity contribution in [2.45, 2.75) is 6.42 Å². The van der Waals surface area contributed by atoms with E-state index in [1.807, 2.05) is 5.16 Å². The minimum Gasteiger partial charge on any atom is -0.293 e. The number of nitrogens with zero attached hydrogens (tertiary/aromatic N) is 1. The third-order valence-electron chi connectivity index (χ3n) is 2.12. The van der Waals surface area contributed by atoms with Crippen molar-refractivity contribution in [3.8, 4) is 0 Å². The van der Waals surface area contributed by atoms with Gasteiger partial charge in [-0.05, 0) is 17.8 Å². The van der Waals surface area contributed by atoms with Crippen LogP contribution in [0, 0.1) is 5.92 Å². The van der Waals surface area contributed by atoms with Crippen LogP contribution in [0.3, 0.4) is 0 Å². The highest BCUT2D eigenvalue weighted by molar-refractivity contribution is 7.78. The van der Waals surface area contributed by atoms with Gasteiger partial charge in [0.05, 0.1) is 5.16 Å². The molecule has 0 N–H and O–H groups in total. The molecule has 0 aromatic heterocycles. The number of amides is 1. The number of thiocarbonyl (C=S) groups is 1. The van der Waals surface area contributed by atoms with Crippen molar-refractivity contribution >= 4 is 29.1 Å². The van der Waals surface area contributed by atoms with Gasteiger partial charge in [-0.1, -0.05) is 12.2 Å². The van der Waals surface area contributed by atoms with E-state index in [2.05, 4.69) is 17.2 Å². The first-order valence-corrected chi connectivity index (χ1v) is 4.21. The molecular formula is C9H5NO2S. The van der Waals surface area contributed by atoms with Gasteiger partial charge >= 0.3 is 0 Å². The number of allylic oxidation sites excluding steroid dienone is 3. The molecule has 0 aromatic carbocycles. The van der Waals surface area contributed by atoms with Gasteiger partial charge in [-0.3, -0.25) is 9.59 Å². The predicted molar refractivity (Wildman–Crippen MR) is 49.3 cm³/mol. The Morgan fingerprint density at radius 3 is 3.15 bits per heavy atom. The standard InChI is InChI=1S/C9H5NO2S/c11-8-6(9(12)10-4-13)2-1-5-3-7(5)8/h1-2,6H,3H2. The molecule has 1 atom stereocenters. The van der Waals surface area contributed by atoms with Gasteiger partial charge in [-0.2, -0.15) is 4.99 Å². The Kier molecular flexibility index (Phi) is 1.79. The van der Waals surface area contributed by atoms with Crippen molar-refractivity contribution in [1.82, 2.24) is 0 Å². The number of isothiocyanates is 1. The van der Waals surface area contributed by atoms with E-state index in [9.17, 15) is 9.59 Å². The Morgan fingerprint density at radius 1 is 1.69 bits per heavy atom. The first-order chi connectivity index (χ1) is 6.24. The molecule has 64 valence electrons. The molecule has 0 aliphatic heterocycles. The number of Topliss-reactive ketones (excluding diaryl/α,β-unsaturated/α-hetero) is 1. The molecule has 0 fully saturated rings. The third kappa shape index (κ3) is 1.30. The quantitative estimate of drug-likeness (QED) is 0.354. The van der Waals surface area contributed by atoms with Gasteiger partial charge in [0, 0.05) is 12.0 Å². The van der Waals surface area contributed by atoms with Crippen LogP contribution in [-0.2, 0) is 9.59 Å². The smallest absolute Gasteiger partial charge is 0.269 e. The lowest BCUT2D eigenvalue weighted by atomic mass is 9.98. The lowest BCUT2D eigenvalue weighted by Gasteiger charge is -2.04. The van der Waals surface area contributed by atoms with E-state index in [1.54, 1.807) is 12.2 Å². The minimum absolute atomic E-state index is 0.128. The molecule has 0 bridgehead atoms. The zero-order valence-electron chi connectivity index (χ0n) is 6.61. The maximum atomic E-state index is 11.4. The molecule has 0 radical (unpaired) electrons. The fourth-order valence-corrected chi connectivity index (χ4v) is 1.44. The second kappa shape index (κ2) is 2.83. The Hall–Kier alpha value is -1.38. The SMILES string of the molecule is O=C(N=C=S)C1C=CC2=C(C2)C1=O. The molecule has 1 unspecified atom stereocenters. The second-order valence-electron chi connectivity index (χ2n) is 2.92. The molecule has 3 nitrogen and oxygen atoms in total. The molecule has 0 spiro atoms. The van der Waals surface area contributed by atoms with Crippen molar-refractivity contribution in [2.75, 3.05) is 0 Å². The molecular weight excluding hydrogens is 186 g/mol. The maximum absolute atomic E-state index is 11.4. The molecule has 0 aromatic rings. The first-order valence-electron chi connectivity index (χ1n) is 3.80. The highest BCUT2D eigenvalue weighted by Gasteiger charge is 2.37. The molecule has 13 heavy (non-hydrogen) atoms. The van der Waals surface area contributed by atoms with Crippen LogP contribution in [0.2, 0.25) is 0 Å². The number of hydrogen-bond donors (Lipinski definition) is 0. The summed E-state index contributed by atoms with van der Waals surface area (Å²) in [5.74, 6) is -1.40. The third-order valence-corrected chi connectivity index (χ3v) is 2.21. The number of hydrogen-bond acceptors (Lipinski definition) is 3. The fourth-order valence-electron chi connectivity index (χ4n) is 1.35. The van der Waals surface area contributed by atoms with E-state index in [0.29, 0.717) is 0 Å². The Morgan fingerprint density at radius 2 is 2.46 bits per heavy atom. The van der Waals surface area contributed by atoms with Crippen molar-refractivity contribution in [3.05, 3.63) is 23.3 Å². The summed E-state index contributed by atoms with van der Waals surface area (Å²) in [6.45, 7) is 0. The van der Waals surface area contributed by atoms with Crippen LogP contribution < -0.4 is 0 Å². The van der Waals surface area contributed by atoms with E-state index in [4.69, 9.17) is 0 Å². The summed E-state index contributed by atoms with van der Waals surface area (Å²) in [5, 5.41) is 1.97. The molecule has 4 heteroatoms. The van der Waals surface area contributed by atoms with Gasteiger partial charge in [0.25, 0.3) is 5.91 Å². The van der Waals surface area contributed by atoms with Crippen molar-refractivity contribution in [3.63, 3.8) is 0 Å². The minimum atomic E-state index is -0.753. The van der Waals surface area contributed by atoms with Crippen molar-refractivity contribution < 1.29 is 9.59 Å². The highest BCUT2D eigenvalue weighted by atomic mass is 32.1. The summed E-state index contributed by atoms with van der Waals surface area (Å²) in [5.41, 5.74) is 1.81. The number of carbonyl (C=O) groups is 2. The molecule has 0 saturated carbocycles. The predicted octanol–water partition coefficient (Wildman–Crippen LogP) is 1.07. The highest BCUT2D eigenvalue weighted by Crippen LogP contribution is 2.38. The summed E-state index contributed by atoms with van der Waals surface area (Å²) >= 11 is 4.29. The Bertz CT molecular complexity index is 405. The van der Waals surface area contributed by atoms with E-state index in [1.165, 1.54) is 0 Å². The van der Waals surface area contributed by atoms with Gasteiger partial charge in [0.15, 0.2) is 5.78 Å². The van der Waals surface area contributed by atoms with Gasteiger partial charge in [-0.15, -0.1) is 0 Å². The zero-order valence-corrected chi connectivity index (χ0v) is 7.43. The summed E-state index contributed by atoms with van der Waals surface area (Å²) in [6.07, 6.45) is 4.10. The van der Waals surface area contributed by atoms with Crippen molar-refractivity contribution in [2.24, 2.45) is 10.9 Å². The van der Waals surface area contributed by atoms with E-state index in [-0.39, 0.29) is 5.78 Å². The maximum Gasteiger partial charge on any atom is 0.269 e. The van der Waals surface area contributed by atoms with Gasteiger partial charge in [-0.25, -0.2) is 0 Å². The van der Waals surface area contributed by atoms with Crippen LogP contribution in [0.1, 0.15) is 6.42 Å².